The fourth-order valence-electron chi connectivity index (χ4n) is 6.44. The minimum Gasteiger partial charge on any atom is -0.463 e. The van der Waals surface area contributed by atoms with Gasteiger partial charge in [-0.3, -0.25) is 4.79 Å². The number of amides is 1. The van der Waals surface area contributed by atoms with E-state index in [0.29, 0.717) is 36.3 Å². The van der Waals surface area contributed by atoms with Gasteiger partial charge in [-0.2, -0.15) is 28.4 Å². The fourth-order valence-corrected chi connectivity index (χ4v) is 6.77. The first-order chi connectivity index (χ1) is 22.0. The van der Waals surface area contributed by atoms with Crippen LogP contribution < -0.4 is 15.4 Å². The van der Waals surface area contributed by atoms with Gasteiger partial charge in [0, 0.05) is 36.7 Å². The molecule has 0 spiro atoms. The zero-order valence-corrected chi connectivity index (χ0v) is 25.7. The van der Waals surface area contributed by atoms with E-state index in [0.717, 1.165) is 25.5 Å². The van der Waals surface area contributed by atoms with E-state index in [9.17, 15) is 23.2 Å². The predicted octanol–water partition coefficient (Wildman–Crippen LogP) is 5.89. The number of hydrogen-bond donors (Lipinski definition) is 1. The van der Waals surface area contributed by atoms with Gasteiger partial charge in [-0.15, -0.1) is 0 Å². The fraction of sp³-hybridized carbons (Fsp3) is 0.375. The van der Waals surface area contributed by atoms with Gasteiger partial charge in [0.1, 0.15) is 18.0 Å². The lowest BCUT2D eigenvalue weighted by Gasteiger charge is -2.41. The number of alkyl halides is 3. The van der Waals surface area contributed by atoms with Crippen LogP contribution in [0.25, 0.3) is 33.0 Å². The van der Waals surface area contributed by atoms with Crippen LogP contribution in [0.1, 0.15) is 24.8 Å². The molecule has 0 saturated carbocycles. The number of benzene rings is 2. The monoisotopic (exact) mass is 653 g/mol. The number of carbonyl (C=O) groups excluding carboxylic acids is 1. The molecule has 0 radical (unpaired) electrons. The number of aromatic nitrogens is 2. The number of nitrogen functional groups attached to an aromatic ring is 1. The average molecular weight is 654 g/mol. The zero-order chi connectivity index (χ0) is 32.7. The Morgan fingerprint density at radius 2 is 2.04 bits per heavy atom. The largest absolute Gasteiger partial charge is 0.463 e. The molecule has 4 aromatic rings. The van der Waals surface area contributed by atoms with Crippen molar-refractivity contribution in [2.24, 2.45) is 0 Å². The number of ether oxygens (including phenoxy) is 1. The first kappa shape index (κ1) is 31.4. The second-order valence-electron chi connectivity index (χ2n) is 11.5. The van der Waals surface area contributed by atoms with Crippen molar-refractivity contribution in [1.29, 1.82) is 5.26 Å². The molecule has 46 heavy (non-hydrogen) atoms. The topological polar surface area (TPSA) is 125 Å². The Labute approximate surface area is 267 Å². The number of fused-ring (bicyclic) bond motifs is 3. The van der Waals surface area contributed by atoms with Crippen LogP contribution in [0.2, 0.25) is 5.02 Å². The predicted molar refractivity (Wildman–Crippen MR) is 168 cm³/mol. The molecule has 2 atom stereocenters. The van der Waals surface area contributed by atoms with Gasteiger partial charge in [-0.05, 0) is 67.9 Å². The number of rotatable bonds is 7. The second-order valence-corrected chi connectivity index (χ2v) is 11.9. The Morgan fingerprint density at radius 1 is 1.24 bits per heavy atom. The summed E-state index contributed by atoms with van der Waals surface area (Å²) in [6, 6.07) is 7.32. The molecule has 2 aliphatic rings. The van der Waals surface area contributed by atoms with Crippen molar-refractivity contribution in [3.63, 3.8) is 0 Å². The standard InChI is InChI=1S/C32H31ClF3N7O3/c1-3-26(44)43-11-10-42(16-19(43)6-8-37)30-27-25(39-31(40-30)46-17-20-5-4-9-41(20)2)15-22(21-7-12-45-29(21)27)23-13-18(38)14-24(33)28(23)32(34,35)36/h3,7,12-15,19-20H,1,4-6,9-11,16-17,38H2,2H3/t19-,20-/m0/s1. The molecule has 0 unspecified atom stereocenters. The van der Waals surface area contributed by atoms with Crippen molar-refractivity contribution in [3.05, 3.63) is 53.8 Å². The number of nitrogens with zero attached hydrogens (tertiary/aromatic N) is 6. The molecule has 240 valence electrons. The van der Waals surface area contributed by atoms with E-state index in [2.05, 4.69) is 22.5 Å². The van der Waals surface area contributed by atoms with Gasteiger partial charge in [0.15, 0.2) is 0 Å². The highest BCUT2D eigenvalue weighted by Gasteiger charge is 2.38. The lowest BCUT2D eigenvalue weighted by Crippen LogP contribution is -2.55. The third-order valence-corrected chi connectivity index (χ3v) is 8.99. The van der Waals surface area contributed by atoms with E-state index < -0.39 is 22.8 Å². The second kappa shape index (κ2) is 12.3. The molecule has 6 rings (SSSR count). The summed E-state index contributed by atoms with van der Waals surface area (Å²) in [7, 11) is 2.02. The number of anilines is 2. The van der Waals surface area contributed by atoms with E-state index in [-0.39, 0.29) is 58.8 Å². The summed E-state index contributed by atoms with van der Waals surface area (Å²) in [4.78, 5) is 27.8. The van der Waals surface area contributed by atoms with Gasteiger partial charge >= 0.3 is 12.2 Å². The number of nitrogens with two attached hydrogens (primary N) is 1. The van der Waals surface area contributed by atoms with Gasteiger partial charge in [0.2, 0.25) is 5.91 Å². The highest BCUT2D eigenvalue weighted by Crippen LogP contribution is 2.47. The zero-order valence-electron chi connectivity index (χ0n) is 25.0. The smallest absolute Gasteiger partial charge is 0.418 e. The maximum atomic E-state index is 14.4. The Bertz CT molecular complexity index is 1870. The average Bonchev–Trinajstić information content (AvgIpc) is 3.67. The summed E-state index contributed by atoms with van der Waals surface area (Å²) < 4.78 is 55.2. The summed E-state index contributed by atoms with van der Waals surface area (Å²) >= 11 is 6.13. The summed E-state index contributed by atoms with van der Waals surface area (Å²) in [6.07, 6.45) is -0.114. The quantitative estimate of drug-likeness (QED) is 0.192. The molecule has 1 amide bonds. The Kier molecular flexibility index (Phi) is 8.43. The highest BCUT2D eigenvalue weighted by molar-refractivity contribution is 6.32. The molecule has 2 N–H and O–H groups in total. The molecular weight excluding hydrogens is 623 g/mol. The Balaban J connectivity index is 1.54. The normalized spacial score (nSPS) is 19.1. The van der Waals surface area contributed by atoms with Crippen LogP contribution in [0, 0.1) is 11.3 Å². The summed E-state index contributed by atoms with van der Waals surface area (Å²) in [5, 5.41) is 9.84. The first-order valence-electron chi connectivity index (χ1n) is 14.8. The number of furan rings is 1. The van der Waals surface area contributed by atoms with E-state index in [1.807, 2.05) is 11.9 Å². The van der Waals surface area contributed by atoms with Crippen molar-refractivity contribution in [2.45, 2.75) is 37.5 Å². The molecule has 10 nitrogen and oxygen atoms in total. The minimum absolute atomic E-state index is 0.0442. The van der Waals surface area contributed by atoms with E-state index in [4.69, 9.17) is 31.5 Å². The van der Waals surface area contributed by atoms with E-state index in [1.54, 1.807) is 11.0 Å². The Hall–Kier alpha value is -4.54. The lowest BCUT2D eigenvalue weighted by atomic mass is 9.94. The van der Waals surface area contributed by atoms with Crippen molar-refractivity contribution < 1.29 is 27.1 Å². The maximum Gasteiger partial charge on any atom is 0.418 e. The molecule has 2 saturated heterocycles. The van der Waals surface area contributed by atoms with Crippen molar-refractivity contribution in [3.8, 4) is 23.2 Å². The maximum absolute atomic E-state index is 14.4. The SMILES string of the molecule is C=CC(=O)N1CCN(c2nc(OC[C@@H]3CCCN3C)nc3cc(-c4cc(N)cc(Cl)c4C(F)(F)F)c4ccoc4c23)C[C@@H]1CC#N. The minimum atomic E-state index is -4.78. The molecular formula is C32H31ClF3N7O3. The van der Waals surface area contributed by atoms with Crippen LogP contribution in [0.4, 0.5) is 24.7 Å². The number of hydrogen-bond acceptors (Lipinski definition) is 9. The third-order valence-electron chi connectivity index (χ3n) is 8.69. The van der Waals surface area contributed by atoms with Crippen molar-refractivity contribution in [1.82, 2.24) is 19.8 Å². The van der Waals surface area contributed by atoms with Crippen LogP contribution in [-0.4, -0.2) is 77.6 Å². The molecule has 4 heterocycles. The number of carbonyl (C=O) groups is 1. The summed E-state index contributed by atoms with van der Waals surface area (Å²) in [5.74, 6) is 0.137. The molecule has 2 aliphatic heterocycles. The lowest BCUT2D eigenvalue weighted by molar-refractivity contribution is -0.137. The number of likely N-dealkylation sites (N-methyl/N-ethyl adjacent to an activating group) is 1. The molecule has 2 fully saturated rings. The summed E-state index contributed by atoms with van der Waals surface area (Å²) in [5.41, 5.74) is 5.53. The molecule has 0 bridgehead atoms. The van der Waals surface area contributed by atoms with Crippen LogP contribution >= 0.6 is 11.6 Å². The Morgan fingerprint density at radius 3 is 2.74 bits per heavy atom. The number of nitriles is 1. The van der Waals surface area contributed by atoms with Gasteiger partial charge in [-0.25, -0.2) is 0 Å². The van der Waals surface area contributed by atoms with Crippen LogP contribution in [0.3, 0.4) is 0 Å². The first-order valence-corrected chi connectivity index (χ1v) is 15.1. The third kappa shape index (κ3) is 5.78. The number of piperazine rings is 1. The molecule has 0 aliphatic carbocycles. The summed E-state index contributed by atoms with van der Waals surface area (Å²) in [6.45, 7) is 5.75. The van der Waals surface area contributed by atoms with E-state index in [1.165, 1.54) is 24.5 Å². The van der Waals surface area contributed by atoms with Crippen LogP contribution in [0.5, 0.6) is 6.01 Å². The van der Waals surface area contributed by atoms with Gasteiger partial charge in [-0.1, -0.05) is 18.2 Å². The molecule has 14 heteroatoms. The van der Waals surface area contributed by atoms with E-state index >= 15 is 0 Å². The molecule has 2 aromatic carbocycles. The molecule has 2 aromatic heterocycles. The highest BCUT2D eigenvalue weighted by atomic mass is 35.5. The van der Waals surface area contributed by atoms with Crippen LogP contribution in [0.15, 0.2) is 47.6 Å². The number of likely N-dealkylation sites (tertiary alicyclic amines) is 1. The van der Waals surface area contributed by atoms with Crippen molar-refractivity contribution in [2.75, 3.05) is 50.5 Å². The van der Waals surface area contributed by atoms with Crippen molar-refractivity contribution >= 4 is 50.9 Å². The van der Waals surface area contributed by atoms with Crippen LogP contribution in [-0.2, 0) is 11.0 Å². The van der Waals surface area contributed by atoms with Gasteiger partial charge in [0.05, 0.1) is 46.3 Å². The van der Waals surface area contributed by atoms with Gasteiger partial charge in [0.25, 0.3) is 0 Å². The number of halogens is 4. The van der Waals surface area contributed by atoms with Gasteiger partial charge < -0.3 is 29.6 Å².